The first-order valence-corrected chi connectivity index (χ1v) is 25.1. The summed E-state index contributed by atoms with van der Waals surface area (Å²) in [6.07, 6.45) is -2.39. The summed E-state index contributed by atoms with van der Waals surface area (Å²) in [6, 6.07) is 18.2. The maximum absolute atomic E-state index is 13.7. The number of carbonyl (C=O) groups is 11. The molecular formula is C51H58AtN7O16. The van der Waals surface area contributed by atoms with Crippen molar-refractivity contribution in [3.8, 4) is 0 Å². The molecule has 23 nitrogen and oxygen atoms in total. The fourth-order valence-electron chi connectivity index (χ4n) is 7.47. The molecule has 0 saturated carbocycles. The van der Waals surface area contributed by atoms with Crippen LogP contribution in [0.2, 0.25) is 0 Å². The molecule has 12 N–H and O–H groups in total. The Labute approximate surface area is 444 Å². The Kier molecular flexibility index (Phi) is 24.0. The van der Waals surface area contributed by atoms with Gasteiger partial charge in [0.1, 0.15) is 18.1 Å². The number of carboxylic acids is 5. The maximum Gasteiger partial charge on any atom is 0.326 e. The van der Waals surface area contributed by atoms with Crippen molar-refractivity contribution in [1.29, 1.82) is 0 Å². The molecule has 75 heavy (non-hydrogen) atoms. The zero-order chi connectivity index (χ0) is 55.0. The zero-order valence-electron chi connectivity index (χ0n) is 40.3. The first-order chi connectivity index (χ1) is 35.7. The van der Waals surface area contributed by atoms with Gasteiger partial charge in [-0.1, -0.05) is 54.6 Å². The van der Waals surface area contributed by atoms with Gasteiger partial charge in [0.15, 0.2) is 0 Å². The van der Waals surface area contributed by atoms with Crippen molar-refractivity contribution in [2.45, 2.75) is 107 Å². The van der Waals surface area contributed by atoms with Crippen molar-refractivity contribution in [2.24, 2.45) is 0 Å². The first kappa shape index (κ1) is 59.6. The van der Waals surface area contributed by atoms with Crippen molar-refractivity contribution in [2.75, 3.05) is 6.54 Å². The third-order valence-electron chi connectivity index (χ3n) is 11.5. The minimum absolute atomic E-state index is 0.0375. The van der Waals surface area contributed by atoms with E-state index in [2.05, 4.69) is 37.2 Å². The Morgan fingerprint density at radius 1 is 0.467 bits per heavy atom. The standard InChI is InChI=1S/C51H58AtN7O16/c52-35-16-11-29(12-17-35)27-41(60)55-37(19-22-43(63)64)48(70)56-36(18-21-42(61)62)46(68)54-28-30-8-14-33(15-9-30)45(67)57-40(26-31-10-13-32-5-1-2-6-34(32)25-31)47(69)53-24-4-3-7-38(49(71)72)58-51(75)59-39(50(73)74)20-23-44(65)66/h1-2,5-6,8-17,25,36-40H,3-4,7,18-24,26-28H2,(H,53,69)(H,54,68)(H,55,60)(H,56,70)(H,57,67)(H,61,62)(H,63,64)(H,65,66)(H,71,72)(H,73,74)(H2,58,59,75)/t36-,37-,38+,39+,40-/m1/s1/i52+1. The van der Waals surface area contributed by atoms with Crippen LogP contribution in [0.5, 0.6) is 0 Å². The van der Waals surface area contributed by atoms with E-state index in [0.29, 0.717) is 11.1 Å². The summed E-state index contributed by atoms with van der Waals surface area (Å²) in [5.41, 5.74) is 1.99. The molecule has 4 aromatic rings. The SMILES string of the molecule is O=C(O)CC[C@H](NC(=O)N[C@@H](CCCCNC(=O)[C@@H](Cc1ccc2ccccc2c1)NC(=O)c1ccc(CNC(=O)[C@@H](CCC(=O)O)NC(=O)[C@@H](CCC(=O)O)NC(=O)Cc2ccc([211At])cc2)cc1)C(=O)O)C(=O)O. The molecule has 0 saturated heterocycles. The molecule has 0 aliphatic heterocycles. The van der Waals surface area contributed by atoms with Crippen LogP contribution in [0.4, 0.5) is 4.79 Å². The molecule has 0 radical (unpaired) electrons. The van der Waals surface area contributed by atoms with Gasteiger partial charge in [0.25, 0.3) is 5.91 Å². The van der Waals surface area contributed by atoms with Crippen molar-refractivity contribution in [1.82, 2.24) is 37.2 Å². The van der Waals surface area contributed by atoms with Gasteiger partial charge < -0.3 is 47.0 Å². The minimum Gasteiger partial charge on any atom is -0.480 e. The smallest absolute Gasteiger partial charge is 0.326 e. The molecule has 4 aromatic carbocycles. The molecule has 0 fully saturated rings. The molecule has 5 atom stereocenters. The van der Waals surface area contributed by atoms with Crippen LogP contribution >= 0.6 is 0 Å². The summed E-state index contributed by atoms with van der Waals surface area (Å²) in [5, 5.41) is 65.7. The molecule has 0 bridgehead atoms. The first-order valence-electron chi connectivity index (χ1n) is 23.6. The van der Waals surface area contributed by atoms with E-state index in [9.17, 15) is 73.2 Å². The van der Waals surface area contributed by atoms with E-state index in [1.807, 2.05) is 54.6 Å². The number of hydrogen-bond acceptors (Lipinski definition) is 11. The summed E-state index contributed by atoms with van der Waals surface area (Å²) < 4.78 is 1.02. The Morgan fingerprint density at radius 2 is 0.987 bits per heavy atom. The van der Waals surface area contributed by atoms with E-state index in [4.69, 9.17) is 5.11 Å². The molecule has 0 aromatic heterocycles. The Bertz CT molecular complexity index is 2700. The Hall–Kier alpha value is -8.01. The van der Waals surface area contributed by atoms with Crippen LogP contribution in [0.3, 0.4) is 0 Å². The summed E-state index contributed by atoms with van der Waals surface area (Å²) >= 11 is 1.45. The maximum atomic E-state index is 13.7. The monoisotopic (exact) mass is 1240 g/mol. The number of carbonyl (C=O) groups excluding carboxylic acids is 6. The molecule has 4 rings (SSSR count). The van der Waals surface area contributed by atoms with Crippen LogP contribution in [-0.2, 0) is 62.5 Å². The van der Waals surface area contributed by atoms with Gasteiger partial charge in [0.05, 0.1) is 0 Å². The number of nitrogens with one attached hydrogen (secondary N) is 7. The number of fused-ring (bicyclic) bond motifs is 1. The molecule has 24 heteroatoms. The van der Waals surface area contributed by atoms with Crippen LogP contribution in [0, 0.1) is 24.7 Å². The fraction of sp³-hybridized carbons (Fsp3) is 0.353. The second-order valence-corrected chi connectivity index (χ2v) is 19.0. The summed E-state index contributed by atoms with van der Waals surface area (Å²) in [6.45, 7) is -0.101. The molecule has 7 amide bonds. The van der Waals surface area contributed by atoms with E-state index in [0.717, 1.165) is 19.6 Å². The van der Waals surface area contributed by atoms with Gasteiger partial charge in [0, 0.05) is 37.9 Å². The summed E-state index contributed by atoms with van der Waals surface area (Å²) in [7, 11) is 0. The second-order valence-electron chi connectivity index (χ2n) is 17.3. The van der Waals surface area contributed by atoms with Crippen molar-refractivity contribution < 1.29 is 103 Å². The Balaban J connectivity index is 1.38. The quantitative estimate of drug-likeness (QED) is 0.0316. The van der Waals surface area contributed by atoms with Gasteiger partial charge >= 0.3 is 179 Å². The van der Waals surface area contributed by atoms with Crippen LogP contribution in [-0.4, -0.2) is 128 Å². The number of amides is 7. The zero-order valence-corrected chi connectivity index (χ0v) is 43.3. The Morgan fingerprint density at radius 3 is 1.57 bits per heavy atom. The van der Waals surface area contributed by atoms with Crippen LogP contribution in [0.1, 0.15) is 84.8 Å². The molecule has 0 aliphatic rings. The molecule has 0 unspecified atom stereocenters. The van der Waals surface area contributed by atoms with Crippen molar-refractivity contribution in [3.05, 3.63) is 113 Å². The number of benzene rings is 4. The third-order valence-corrected chi connectivity index (χ3v) is 12.5. The van der Waals surface area contributed by atoms with E-state index >= 15 is 0 Å². The summed E-state index contributed by atoms with van der Waals surface area (Å²) in [4.78, 5) is 137. The van der Waals surface area contributed by atoms with E-state index in [-0.39, 0.29) is 63.6 Å². The predicted molar refractivity (Wildman–Crippen MR) is 263 cm³/mol. The molecule has 0 heterocycles. The van der Waals surface area contributed by atoms with Gasteiger partial charge in [-0.3, -0.25) is 24.0 Å². The predicted octanol–water partition coefficient (Wildman–Crippen LogP) is 1.27. The normalized spacial score (nSPS) is 12.8. The van der Waals surface area contributed by atoms with Crippen molar-refractivity contribution in [3.63, 3.8) is 0 Å². The van der Waals surface area contributed by atoms with Gasteiger partial charge in [-0.2, -0.15) is 0 Å². The van der Waals surface area contributed by atoms with E-state index in [1.165, 1.54) is 49.0 Å². The van der Waals surface area contributed by atoms with Gasteiger partial charge in [-0.25, -0.2) is 14.4 Å². The van der Waals surface area contributed by atoms with Crippen LogP contribution in [0.25, 0.3) is 10.8 Å². The molecule has 0 aliphatic carbocycles. The van der Waals surface area contributed by atoms with Gasteiger partial charge in [-0.05, 0) is 59.7 Å². The third kappa shape index (κ3) is 21.5. The largest absolute Gasteiger partial charge is 0.480 e. The number of unbranched alkanes of at least 4 members (excludes halogenated alkanes) is 1. The average Bonchev–Trinajstić information content (AvgIpc) is 3.36. The topological polar surface area (TPSA) is 373 Å². The fourth-order valence-corrected chi connectivity index (χ4v) is 7.96. The van der Waals surface area contributed by atoms with Gasteiger partial charge in [-0.15, -0.1) is 0 Å². The van der Waals surface area contributed by atoms with Crippen LogP contribution < -0.4 is 40.5 Å². The number of urea groups is 1. The number of hydrogen-bond donors (Lipinski definition) is 12. The second kappa shape index (κ2) is 30.3. The molecule has 0 spiro atoms. The summed E-state index contributed by atoms with van der Waals surface area (Å²) in [5.74, 6) is -10.1. The van der Waals surface area contributed by atoms with Crippen molar-refractivity contribution >= 4 is 79.5 Å². The average molecular weight is 1240 g/mol. The molecular weight excluding hydrogens is 1180 g/mol. The molecule has 400 valence electrons. The van der Waals surface area contributed by atoms with E-state index in [1.54, 1.807) is 12.1 Å². The van der Waals surface area contributed by atoms with Crippen LogP contribution in [0.15, 0.2) is 91.0 Å². The van der Waals surface area contributed by atoms with E-state index < -0.39 is 121 Å². The minimum atomic E-state index is -1.57. The number of carboxylic acid groups (broad SMARTS) is 5. The number of aliphatic carboxylic acids is 5. The van der Waals surface area contributed by atoms with Gasteiger partial charge in [0.2, 0.25) is 5.91 Å². The number of rotatable bonds is 31.